The molecule has 0 nitrogen and oxygen atoms in total. The molecule has 0 aromatic heterocycles. The SMILES string of the molecule is CC[S-].CC[S-].[Cl][Pt+2][Cl]. The molecule has 0 atom stereocenters. The molecule has 0 aromatic rings. The zero-order chi connectivity index (χ0) is 8.12. The van der Waals surface area contributed by atoms with Crippen molar-refractivity contribution in [3.05, 3.63) is 0 Å². The average Bonchev–Trinajstić information content (AvgIpc) is 1.70. The topological polar surface area (TPSA) is 0 Å². The van der Waals surface area contributed by atoms with E-state index in [0.717, 1.165) is 11.5 Å². The van der Waals surface area contributed by atoms with Gasteiger partial charge in [0.15, 0.2) is 0 Å². The van der Waals surface area contributed by atoms with Gasteiger partial charge in [0.2, 0.25) is 0 Å². The Morgan fingerprint density at radius 3 is 1.11 bits per heavy atom. The summed E-state index contributed by atoms with van der Waals surface area (Å²) in [5.74, 6) is 1.67. The van der Waals surface area contributed by atoms with E-state index in [1.54, 1.807) is 0 Å². The Bertz CT molecular complexity index is 21.3. The molecular formula is C4H10Cl2PtS2. The Labute approximate surface area is 85.3 Å². The van der Waals surface area contributed by atoms with E-state index in [4.69, 9.17) is 18.8 Å². The molecule has 0 spiro atoms. The fourth-order valence-corrected chi connectivity index (χ4v) is 0. The molecule has 0 N–H and O–H groups in total. The molecular weight excluding hydrogens is 378 g/mol. The minimum atomic E-state index is -0.472. The first-order chi connectivity index (χ1) is 4.24. The number of rotatable bonds is 0. The standard InChI is InChI=1S/2C2H6S.2ClH.Pt/c2*1-2-3;;;/h2*3H,2H2,1H3;2*1H;/q;;;;+4/p-4. The fourth-order valence-electron chi connectivity index (χ4n) is 0. The second-order valence-corrected chi connectivity index (χ2v) is 5.06. The van der Waals surface area contributed by atoms with Gasteiger partial charge in [-0.05, 0) is 0 Å². The zero-order valence-corrected chi connectivity index (χ0v) is 10.7. The number of hydrogen-bond acceptors (Lipinski definition) is 2. The first kappa shape index (κ1) is 17.2. The van der Waals surface area contributed by atoms with Crippen LogP contribution in [0.1, 0.15) is 13.8 Å². The number of hydrogen-bond donors (Lipinski definition) is 0. The molecule has 62 valence electrons. The van der Waals surface area contributed by atoms with Crippen molar-refractivity contribution in [2.75, 3.05) is 11.5 Å². The van der Waals surface area contributed by atoms with Gasteiger partial charge in [0, 0.05) is 0 Å². The van der Waals surface area contributed by atoms with Gasteiger partial charge in [0.1, 0.15) is 0 Å². The van der Waals surface area contributed by atoms with Crippen LogP contribution in [0.5, 0.6) is 0 Å². The molecule has 0 saturated carbocycles. The van der Waals surface area contributed by atoms with Crippen molar-refractivity contribution in [1.82, 2.24) is 0 Å². The molecule has 0 fully saturated rings. The quantitative estimate of drug-likeness (QED) is 0.585. The van der Waals surface area contributed by atoms with E-state index in [1.165, 1.54) is 0 Å². The van der Waals surface area contributed by atoms with Crippen LogP contribution < -0.4 is 0 Å². The summed E-state index contributed by atoms with van der Waals surface area (Å²) in [6.45, 7) is 3.88. The Balaban J connectivity index is -0.0000000600. The van der Waals surface area contributed by atoms with Gasteiger partial charge in [0.25, 0.3) is 0 Å². The van der Waals surface area contributed by atoms with Gasteiger partial charge in [-0.2, -0.15) is 11.5 Å². The predicted molar refractivity (Wildman–Crippen MR) is 47.5 cm³/mol. The predicted octanol–water partition coefficient (Wildman–Crippen LogP) is 2.48. The third-order valence-electron chi connectivity index (χ3n) is 0. The monoisotopic (exact) mass is 387 g/mol. The molecule has 0 heterocycles. The summed E-state index contributed by atoms with van der Waals surface area (Å²) in [5.41, 5.74) is 0. The van der Waals surface area contributed by atoms with E-state index in [-0.39, 0.29) is 0 Å². The Hall–Kier alpha value is 1.97. The molecule has 0 aromatic carbocycles. The van der Waals surface area contributed by atoms with Crippen molar-refractivity contribution < 1.29 is 16.5 Å². The van der Waals surface area contributed by atoms with Gasteiger partial charge in [-0.3, -0.25) is 0 Å². The van der Waals surface area contributed by atoms with E-state index >= 15 is 0 Å². The van der Waals surface area contributed by atoms with Crippen molar-refractivity contribution in [2.24, 2.45) is 0 Å². The Morgan fingerprint density at radius 1 is 1.11 bits per heavy atom. The normalized spacial score (nSPS) is 6.44. The van der Waals surface area contributed by atoms with Gasteiger partial charge in [-0.15, -0.1) is 0 Å². The van der Waals surface area contributed by atoms with Crippen LogP contribution in [0.15, 0.2) is 0 Å². The second-order valence-electron chi connectivity index (χ2n) is 0.623. The van der Waals surface area contributed by atoms with Gasteiger partial charge in [0.05, 0.1) is 0 Å². The summed E-state index contributed by atoms with van der Waals surface area (Å²) >= 11 is 8.31. The van der Waals surface area contributed by atoms with Gasteiger partial charge in [-0.1, -0.05) is 13.8 Å². The van der Waals surface area contributed by atoms with Crippen LogP contribution >= 0.6 is 18.8 Å². The van der Waals surface area contributed by atoms with Crippen molar-refractivity contribution in [1.29, 1.82) is 0 Å². The van der Waals surface area contributed by atoms with E-state index in [1.807, 2.05) is 13.8 Å². The van der Waals surface area contributed by atoms with Gasteiger partial charge >= 0.3 is 35.3 Å². The van der Waals surface area contributed by atoms with Crippen molar-refractivity contribution in [2.45, 2.75) is 13.8 Å². The van der Waals surface area contributed by atoms with E-state index in [0.29, 0.717) is 0 Å². The van der Waals surface area contributed by atoms with Crippen LogP contribution in [0.25, 0.3) is 0 Å². The summed E-state index contributed by atoms with van der Waals surface area (Å²) in [6.07, 6.45) is 0. The first-order valence-electron chi connectivity index (χ1n) is 2.23. The molecule has 0 aliphatic heterocycles. The minimum absolute atomic E-state index is 0.472. The van der Waals surface area contributed by atoms with Crippen LogP contribution in [0.2, 0.25) is 0 Å². The molecule has 5 heteroatoms. The van der Waals surface area contributed by atoms with E-state index < -0.39 is 16.5 Å². The molecule has 0 unspecified atom stereocenters. The Kier molecular flexibility index (Phi) is 61.9. The van der Waals surface area contributed by atoms with Crippen molar-refractivity contribution in [3.8, 4) is 0 Å². The number of halogens is 2. The third-order valence-corrected chi connectivity index (χ3v) is 0. The summed E-state index contributed by atoms with van der Waals surface area (Å²) in [7, 11) is 9.75. The molecule has 9 heavy (non-hydrogen) atoms. The summed E-state index contributed by atoms with van der Waals surface area (Å²) < 4.78 is 0. The average molecular weight is 388 g/mol. The van der Waals surface area contributed by atoms with E-state index in [9.17, 15) is 0 Å². The van der Waals surface area contributed by atoms with E-state index in [2.05, 4.69) is 25.3 Å². The molecule has 0 radical (unpaired) electrons. The van der Waals surface area contributed by atoms with Gasteiger partial charge < -0.3 is 25.3 Å². The van der Waals surface area contributed by atoms with Crippen LogP contribution in [-0.2, 0) is 41.7 Å². The fraction of sp³-hybridized carbons (Fsp3) is 1.00. The van der Waals surface area contributed by atoms with Crippen LogP contribution in [-0.4, -0.2) is 11.5 Å². The maximum atomic E-state index is 4.88. The molecule has 0 amide bonds. The van der Waals surface area contributed by atoms with Gasteiger partial charge in [-0.25, -0.2) is 0 Å². The summed E-state index contributed by atoms with van der Waals surface area (Å²) in [5, 5.41) is 0. The molecule has 0 aliphatic rings. The van der Waals surface area contributed by atoms with Crippen LogP contribution in [0.4, 0.5) is 0 Å². The molecule has 0 aliphatic carbocycles. The summed E-state index contributed by atoms with van der Waals surface area (Å²) in [4.78, 5) is 0. The molecule has 0 rings (SSSR count). The van der Waals surface area contributed by atoms with Crippen molar-refractivity contribution in [3.63, 3.8) is 0 Å². The van der Waals surface area contributed by atoms with Crippen LogP contribution in [0, 0.1) is 0 Å². The molecule has 0 saturated heterocycles. The van der Waals surface area contributed by atoms with Crippen molar-refractivity contribution >= 4 is 44.1 Å². The molecule has 0 bridgehead atoms. The summed E-state index contributed by atoms with van der Waals surface area (Å²) in [6, 6.07) is 0. The second kappa shape index (κ2) is 32.5. The van der Waals surface area contributed by atoms with Crippen LogP contribution in [0.3, 0.4) is 0 Å². The Morgan fingerprint density at radius 2 is 1.11 bits per heavy atom. The first-order valence-corrected chi connectivity index (χ1v) is 9.02. The third kappa shape index (κ3) is 163. The zero-order valence-electron chi connectivity index (χ0n) is 5.30. The maximum absolute atomic E-state index is 4.88.